The Bertz CT molecular complexity index is 426. The van der Waals surface area contributed by atoms with Crippen molar-refractivity contribution in [3.05, 3.63) is 11.7 Å². The Morgan fingerprint density at radius 2 is 1.95 bits per heavy atom. The summed E-state index contributed by atoms with van der Waals surface area (Å²) in [7, 11) is 0. The Morgan fingerprint density at radius 3 is 2.47 bits per heavy atom. The number of nitrogens with two attached hydrogens (primary N) is 1. The molecule has 0 saturated heterocycles. The Morgan fingerprint density at radius 1 is 1.32 bits per heavy atom. The lowest BCUT2D eigenvalue weighted by molar-refractivity contribution is 0.119. The highest BCUT2D eigenvalue weighted by atomic mass is 16.5. The molecule has 1 atom stereocenters. The van der Waals surface area contributed by atoms with Crippen molar-refractivity contribution < 1.29 is 9.26 Å². The Hall–Kier alpha value is -0.940. The van der Waals surface area contributed by atoms with Crippen LogP contribution in [0.15, 0.2) is 4.52 Å². The fourth-order valence-electron chi connectivity index (χ4n) is 2.76. The second-order valence-electron chi connectivity index (χ2n) is 6.55. The summed E-state index contributed by atoms with van der Waals surface area (Å²) in [5, 5.41) is 4.00. The summed E-state index contributed by atoms with van der Waals surface area (Å²) in [4.78, 5) is 4.46. The number of nitrogens with zero attached hydrogens (tertiary/aromatic N) is 2. The van der Waals surface area contributed by atoms with Gasteiger partial charge in [-0.3, -0.25) is 0 Å². The maximum absolute atomic E-state index is 5.99. The predicted molar refractivity (Wildman–Crippen MR) is 72.6 cm³/mol. The summed E-state index contributed by atoms with van der Waals surface area (Å²) < 4.78 is 10.8. The third kappa shape index (κ3) is 2.41. The van der Waals surface area contributed by atoms with E-state index in [1.54, 1.807) is 0 Å². The van der Waals surface area contributed by atoms with Crippen LogP contribution in [0.2, 0.25) is 0 Å². The zero-order valence-corrected chi connectivity index (χ0v) is 12.6. The molecule has 1 aliphatic carbocycles. The van der Waals surface area contributed by atoms with E-state index in [1.807, 2.05) is 0 Å². The fourth-order valence-corrected chi connectivity index (χ4v) is 2.76. The quantitative estimate of drug-likeness (QED) is 0.802. The zero-order valence-electron chi connectivity index (χ0n) is 12.6. The Balaban J connectivity index is 2.01. The van der Waals surface area contributed by atoms with Gasteiger partial charge in [0, 0.05) is 12.5 Å². The van der Waals surface area contributed by atoms with Gasteiger partial charge in [0.1, 0.15) is 0 Å². The molecule has 1 saturated carbocycles. The average molecular weight is 267 g/mol. The van der Waals surface area contributed by atoms with Crippen LogP contribution in [-0.2, 0) is 4.74 Å². The van der Waals surface area contributed by atoms with E-state index in [1.165, 1.54) is 0 Å². The van der Waals surface area contributed by atoms with E-state index < -0.39 is 0 Å². The number of hydrogen-bond acceptors (Lipinski definition) is 5. The van der Waals surface area contributed by atoms with Crippen molar-refractivity contribution >= 4 is 0 Å². The molecule has 19 heavy (non-hydrogen) atoms. The van der Waals surface area contributed by atoms with Gasteiger partial charge in [0.25, 0.3) is 0 Å². The highest BCUT2D eigenvalue weighted by Crippen LogP contribution is 2.73. The molecular weight excluding hydrogens is 242 g/mol. The van der Waals surface area contributed by atoms with E-state index in [4.69, 9.17) is 15.0 Å². The normalized spacial score (nSPS) is 22.4. The maximum atomic E-state index is 5.99. The first-order valence-electron chi connectivity index (χ1n) is 6.99. The van der Waals surface area contributed by atoms with Gasteiger partial charge in [-0.1, -0.05) is 39.8 Å². The molecule has 0 aliphatic heterocycles. The van der Waals surface area contributed by atoms with Crippen LogP contribution in [0.1, 0.15) is 64.7 Å². The van der Waals surface area contributed by atoms with Crippen molar-refractivity contribution in [3.63, 3.8) is 0 Å². The van der Waals surface area contributed by atoms with Gasteiger partial charge in [-0.2, -0.15) is 4.98 Å². The van der Waals surface area contributed by atoms with Crippen molar-refractivity contribution in [1.29, 1.82) is 0 Å². The average Bonchev–Trinajstić information content (AvgIpc) is 2.71. The predicted octanol–water partition coefficient (Wildman–Crippen LogP) is 2.65. The summed E-state index contributed by atoms with van der Waals surface area (Å²) in [6, 6.07) is -0.311. The minimum Gasteiger partial charge on any atom is -0.379 e. The van der Waals surface area contributed by atoms with E-state index in [9.17, 15) is 0 Å². The lowest BCUT2D eigenvalue weighted by Crippen LogP contribution is -2.18. The minimum atomic E-state index is -0.311. The topological polar surface area (TPSA) is 74.2 Å². The third-order valence-electron chi connectivity index (χ3n) is 4.70. The van der Waals surface area contributed by atoms with Gasteiger partial charge in [-0.15, -0.1) is 0 Å². The molecule has 1 heterocycles. The molecule has 5 heteroatoms. The number of ether oxygens (including phenoxy) is 1. The monoisotopic (exact) mass is 267 g/mol. The molecule has 2 N–H and O–H groups in total. The van der Waals surface area contributed by atoms with Gasteiger partial charge in [-0.25, -0.2) is 0 Å². The lowest BCUT2D eigenvalue weighted by atomic mass is 10.0. The van der Waals surface area contributed by atoms with Gasteiger partial charge in [0.15, 0.2) is 5.82 Å². The SMILES string of the molecule is CCCOCC(N)c1noc(C2C(C)(C)C2(C)C)n1. The van der Waals surface area contributed by atoms with Crippen molar-refractivity contribution in [2.45, 2.75) is 53.0 Å². The van der Waals surface area contributed by atoms with Crippen molar-refractivity contribution in [2.24, 2.45) is 16.6 Å². The molecule has 0 radical (unpaired) electrons. The molecule has 1 aromatic rings. The van der Waals surface area contributed by atoms with Crippen molar-refractivity contribution in [1.82, 2.24) is 10.1 Å². The van der Waals surface area contributed by atoms with Gasteiger partial charge >= 0.3 is 0 Å². The standard InChI is InChI=1S/C14H25N3O2/c1-6-7-18-8-9(15)11-16-12(19-17-11)10-13(2,3)14(10,4)5/h9-10H,6-8,15H2,1-5H3. The lowest BCUT2D eigenvalue weighted by Gasteiger charge is -2.06. The van der Waals surface area contributed by atoms with E-state index in [2.05, 4.69) is 44.8 Å². The molecule has 0 spiro atoms. The summed E-state index contributed by atoms with van der Waals surface area (Å²) in [5.74, 6) is 1.56. The van der Waals surface area contributed by atoms with Crippen molar-refractivity contribution in [3.8, 4) is 0 Å². The second kappa shape index (κ2) is 4.87. The molecule has 5 nitrogen and oxygen atoms in total. The summed E-state index contributed by atoms with van der Waals surface area (Å²) in [5.41, 5.74) is 6.38. The van der Waals surface area contributed by atoms with E-state index >= 15 is 0 Å². The van der Waals surface area contributed by atoms with Crippen LogP contribution >= 0.6 is 0 Å². The minimum absolute atomic E-state index is 0.194. The van der Waals surface area contributed by atoms with Crippen molar-refractivity contribution in [2.75, 3.05) is 13.2 Å². The second-order valence-corrected chi connectivity index (χ2v) is 6.55. The van der Waals surface area contributed by atoms with Crippen LogP contribution in [0.5, 0.6) is 0 Å². The first kappa shape index (κ1) is 14.5. The van der Waals surface area contributed by atoms with E-state index in [-0.39, 0.29) is 16.9 Å². The molecule has 1 fully saturated rings. The Labute approximate surface area is 114 Å². The van der Waals surface area contributed by atoms with E-state index in [0.29, 0.717) is 30.8 Å². The van der Waals surface area contributed by atoms with Crippen LogP contribution in [0.25, 0.3) is 0 Å². The molecule has 0 aromatic carbocycles. The smallest absolute Gasteiger partial charge is 0.230 e. The highest BCUT2D eigenvalue weighted by molar-refractivity contribution is 5.25. The van der Waals surface area contributed by atoms with E-state index in [0.717, 1.165) is 6.42 Å². The molecule has 0 amide bonds. The molecule has 1 aliphatic rings. The molecule has 1 unspecified atom stereocenters. The molecule has 2 rings (SSSR count). The first-order valence-corrected chi connectivity index (χ1v) is 6.99. The number of rotatable bonds is 6. The van der Waals surface area contributed by atoms with Crippen LogP contribution in [0.4, 0.5) is 0 Å². The zero-order chi connectivity index (χ0) is 14.3. The maximum Gasteiger partial charge on any atom is 0.230 e. The number of hydrogen-bond donors (Lipinski definition) is 1. The largest absolute Gasteiger partial charge is 0.379 e. The summed E-state index contributed by atoms with van der Waals surface area (Å²) in [6.45, 7) is 12.1. The van der Waals surface area contributed by atoms with Gasteiger partial charge < -0.3 is 15.0 Å². The fraction of sp³-hybridized carbons (Fsp3) is 0.857. The van der Waals surface area contributed by atoms with Gasteiger partial charge in [0.2, 0.25) is 5.89 Å². The first-order chi connectivity index (χ1) is 8.82. The Kier molecular flexibility index (Phi) is 3.71. The molecule has 0 bridgehead atoms. The third-order valence-corrected chi connectivity index (χ3v) is 4.70. The van der Waals surface area contributed by atoms with Gasteiger partial charge in [0.05, 0.1) is 12.6 Å². The van der Waals surface area contributed by atoms with Gasteiger partial charge in [-0.05, 0) is 17.3 Å². The number of aromatic nitrogens is 2. The molecular formula is C14H25N3O2. The highest BCUT2D eigenvalue weighted by Gasteiger charge is 2.68. The molecule has 1 aromatic heterocycles. The summed E-state index contributed by atoms with van der Waals surface area (Å²) >= 11 is 0. The molecule has 108 valence electrons. The van der Waals surface area contributed by atoms with Crippen LogP contribution in [-0.4, -0.2) is 23.4 Å². The van der Waals surface area contributed by atoms with Crippen LogP contribution in [0.3, 0.4) is 0 Å². The summed E-state index contributed by atoms with van der Waals surface area (Å²) in [6.07, 6.45) is 0.981. The van der Waals surface area contributed by atoms with Crippen LogP contribution in [0, 0.1) is 10.8 Å². The van der Waals surface area contributed by atoms with Crippen LogP contribution < -0.4 is 5.73 Å².